The monoisotopic (exact) mass is 515 g/mol. The highest BCUT2D eigenvalue weighted by Crippen LogP contribution is 2.33. The standard InChI is InChI=1S/C28H29N5O5/c1-17(34)32-24-13-21(19-4-6-20(7-5-19)27(29)30)8-9-25(24)38-16-23-11-18(12-26(35)36)15-33(23)28(37)22-3-2-10-31-14-22/h2-10,13-14,18,23H,11-12,15-16H2,1H3,(H3,29,30)(H,32,34)(H,35,36)/t18-,23-/m0/s1. The zero-order valence-corrected chi connectivity index (χ0v) is 20.9. The fourth-order valence-corrected chi connectivity index (χ4v) is 4.62. The molecule has 10 heteroatoms. The number of nitrogens with two attached hydrogens (primary N) is 1. The van der Waals surface area contributed by atoms with Crippen LogP contribution >= 0.6 is 0 Å². The minimum atomic E-state index is -0.912. The van der Waals surface area contributed by atoms with Crippen LogP contribution in [0.25, 0.3) is 11.1 Å². The Balaban J connectivity index is 1.55. The number of pyridine rings is 1. The van der Waals surface area contributed by atoms with Crippen LogP contribution in [0.15, 0.2) is 67.0 Å². The molecule has 0 unspecified atom stereocenters. The summed E-state index contributed by atoms with van der Waals surface area (Å²) in [6.07, 6.45) is 3.51. The van der Waals surface area contributed by atoms with Gasteiger partial charge in [-0.25, -0.2) is 0 Å². The van der Waals surface area contributed by atoms with Gasteiger partial charge < -0.3 is 25.8 Å². The van der Waals surface area contributed by atoms with Gasteiger partial charge in [-0.3, -0.25) is 24.8 Å². The maximum Gasteiger partial charge on any atom is 0.303 e. The van der Waals surface area contributed by atoms with E-state index in [1.165, 1.54) is 13.1 Å². The summed E-state index contributed by atoms with van der Waals surface area (Å²) in [5.41, 5.74) is 8.74. The molecular formula is C28H29N5O5. The number of nitrogen functional groups attached to an aromatic ring is 1. The minimum Gasteiger partial charge on any atom is -0.489 e. The summed E-state index contributed by atoms with van der Waals surface area (Å²) in [7, 11) is 0. The fourth-order valence-electron chi connectivity index (χ4n) is 4.62. The summed E-state index contributed by atoms with van der Waals surface area (Å²) in [5.74, 6) is -1.20. The molecule has 1 aliphatic rings. The highest BCUT2D eigenvalue weighted by atomic mass is 16.5. The van der Waals surface area contributed by atoms with Crippen LogP contribution in [-0.2, 0) is 9.59 Å². The molecule has 1 fully saturated rings. The predicted octanol–water partition coefficient (Wildman–Crippen LogP) is 3.38. The third kappa shape index (κ3) is 6.33. The summed E-state index contributed by atoms with van der Waals surface area (Å²) in [4.78, 5) is 42.1. The van der Waals surface area contributed by atoms with Crippen LogP contribution in [0.2, 0.25) is 0 Å². The largest absolute Gasteiger partial charge is 0.489 e. The number of likely N-dealkylation sites (tertiary alicyclic amines) is 1. The average molecular weight is 516 g/mol. The molecule has 0 spiro atoms. The van der Waals surface area contributed by atoms with Gasteiger partial charge in [0.25, 0.3) is 5.91 Å². The summed E-state index contributed by atoms with van der Waals surface area (Å²) < 4.78 is 6.12. The molecule has 0 radical (unpaired) electrons. The molecule has 2 atom stereocenters. The van der Waals surface area contributed by atoms with Crippen molar-refractivity contribution in [3.63, 3.8) is 0 Å². The molecular weight excluding hydrogens is 486 g/mol. The third-order valence-corrected chi connectivity index (χ3v) is 6.38. The molecule has 2 aromatic carbocycles. The Labute approximate surface area is 220 Å². The van der Waals surface area contributed by atoms with Gasteiger partial charge in [0.1, 0.15) is 18.2 Å². The van der Waals surface area contributed by atoms with Crippen LogP contribution in [0.4, 0.5) is 5.69 Å². The van der Waals surface area contributed by atoms with Crippen LogP contribution in [0, 0.1) is 11.3 Å². The van der Waals surface area contributed by atoms with Crippen molar-refractivity contribution >= 4 is 29.3 Å². The summed E-state index contributed by atoms with van der Waals surface area (Å²) >= 11 is 0. The number of carbonyl (C=O) groups is 3. The molecule has 38 heavy (non-hydrogen) atoms. The number of amidine groups is 1. The molecule has 0 saturated carbocycles. The topological polar surface area (TPSA) is 159 Å². The van der Waals surface area contributed by atoms with Crippen LogP contribution in [-0.4, -0.2) is 57.8 Å². The van der Waals surface area contributed by atoms with Gasteiger partial charge in [0, 0.05) is 37.8 Å². The molecule has 1 saturated heterocycles. The van der Waals surface area contributed by atoms with Gasteiger partial charge in [0.2, 0.25) is 5.91 Å². The van der Waals surface area contributed by atoms with Gasteiger partial charge in [-0.1, -0.05) is 30.3 Å². The number of benzene rings is 2. The van der Waals surface area contributed by atoms with Crippen LogP contribution in [0.3, 0.4) is 0 Å². The molecule has 0 bridgehead atoms. The lowest BCUT2D eigenvalue weighted by atomic mass is 10.0. The predicted molar refractivity (Wildman–Crippen MR) is 142 cm³/mol. The number of amides is 2. The van der Waals surface area contributed by atoms with Gasteiger partial charge >= 0.3 is 5.97 Å². The van der Waals surface area contributed by atoms with Crippen molar-refractivity contribution in [3.05, 3.63) is 78.1 Å². The number of hydrogen-bond acceptors (Lipinski definition) is 6. The first-order valence-corrected chi connectivity index (χ1v) is 12.1. The first-order valence-electron chi connectivity index (χ1n) is 12.1. The summed E-state index contributed by atoms with van der Waals surface area (Å²) in [5, 5.41) is 19.6. The molecule has 2 amide bonds. The van der Waals surface area contributed by atoms with Gasteiger partial charge in [0.05, 0.1) is 17.3 Å². The molecule has 1 aliphatic heterocycles. The van der Waals surface area contributed by atoms with Crippen molar-refractivity contribution in [1.82, 2.24) is 9.88 Å². The molecule has 5 N–H and O–H groups in total. The van der Waals surface area contributed by atoms with Crippen molar-refractivity contribution in [2.24, 2.45) is 11.7 Å². The number of hydrogen-bond donors (Lipinski definition) is 4. The number of aliphatic carboxylic acids is 1. The van der Waals surface area contributed by atoms with Gasteiger partial charge in [-0.05, 0) is 47.7 Å². The van der Waals surface area contributed by atoms with Crippen LogP contribution in [0.5, 0.6) is 5.75 Å². The van der Waals surface area contributed by atoms with E-state index in [9.17, 15) is 19.5 Å². The first kappa shape index (κ1) is 26.3. The minimum absolute atomic E-state index is 0.0206. The number of carboxylic acid groups (broad SMARTS) is 1. The maximum atomic E-state index is 13.2. The molecule has 1 aromatic heterocycles. The Kier molecular flexibility index (Phi) is 8.00. The van der Waals surface area contributed by atoms with E-state index < -0.39 is 5.97 Å². The van der Waals surface area contributed by atoms with E-state index in [2.05, 4.69) is 10.3 Å². The van der Waals surface area contributed by atoms with E-state index in [1.807, 2.05) is 18.2 Å². The lowest BCUT2D eigenvalue weighted by Crippen LogP contribution is -2.39. The SMILES string of the molecule is CC(=O)Nc1cc(-c2ccc(C(=N)N)cc2)ccc1OC[C@@H]1C[C@@H](CC(=O)O)CN1C(=O)c1cccnc1. The lowest BCUT2D eigenvalue weighted by Gasteiger charge is -2.25. The number of nitrogens with zero attached hydrogens (tertiary/aromatic N) is 2. The molecule has 196 valence electrons. The highest BCUT2D eigenvalue weighted by molar-refractivity contribution is 5.96. The van der Waals surface area contributed by atoms with E-state index in [4.69, 9.17) is 15.9 Å². The molecule has 0 aliphatic carbocycles. The van der Waals surface area contributed by atoms with Crippen molar-refractivity contribution in [1.29, 1.82) is 5.41 Å². The normalized spacial score (nSPS) is 16.6. The van der Waals surface area contributed by atoms with E-state index in [0.717, 1.165) is 11.1 Å². The quantitative estimate of drug-likeness (QED) is 0.251. The van der Waals surface area contributed by atoms with Crippen molar-refractivity contribution < 1.29 is 24.2 Å². The first-order chi connectivity index (χ1) is 18.2. The number of nitrogens with one attached hydrogen (secondary N) is 2. The van der Waals surface area contributed by atoms with Gasteiger partial charge in [-0.2, -0.15) is 0 Å². The highest BCUT2D eigenvalue weighted by Gasteiger charge is 2.37. The molecule has 10 nitrogen and oxygen atoms in total. The maximum absolute atomic E-state index is 13.2. The molecule has 4 rings (SSSR count). The van der Waals surface area contributed by atoms with E-state index in [1.54, 1.807) is 47.5 Å². The molecule has 3 aromatic rings. The Morgan fingerprint density at radius 3 is 2.50 bits per heavy atom. The Morgan fingerprint density at radius 2 is 1.87 bits per heavy atom. The van der Waals surface area contributed by atoms with Gasteiger partial charge in [0.15, 0.2) is 0 Å². The smallest absolute Gasteiger partial charge is 0.303 e. The van der Waals surface area contributed by atoms with E-state index in [-0.39, 0.29) is 42.6 Å². The summed E-state index contributed by atoms with van der Waals surface area (Å²) in [6.45, 7) is 1.84. The Hall–Kier alpha value is -4.73. The number of anilines is 1. The van der Waals surface area contributed by atoms with Crippen LogP contribution in [0.1, 0.15) is 35.7 Å². The third-order valence-electron chi connectivity index (χ3n) is 6.38. The fraction of sp³-hybridized carbons (Fsp3) is 0.250. The lowest BCUT2D eigenvalue weighted by molar-refractivity contribution is -0.138. The van der Waals surface area contributed by atoms with Crippen molar-refractivity contribution in [2.45, 2.75) is 25.8 Å². The van der Waals surface area contributed by atoms with E-state index >= 15 is 0 Å². The van der Waals surface area contributed by atoms with Crippen LogP contribution < -0.4 is 15.8 Å². The van der Waals surface area contributed by atoms with Gasteiger partial charge in [-0.15, -0.1) is 0 Å². The number of rotatable bonds is 9. The number of carboxylic acids is 1. The average Bonchev–Trinajstić information content (AvgIpc) is 3.29. The second-order valence-corrected chi connectivity index (χ2v) is 9.25. The number of ether oxygens (including phenoxy) is 1. The Bertz CT molecular complexity index is 1340. The second kappa shape index (κ2) is 11.5. The Morgan fingerprint density at radius 1 is 1.13 bits per heavy atom. The van der Waals surface area contributed by atoms with E-state index in [0.29, 0.717) is 35.5 Å². The zero-order valence-electron chi connectivity index (χ0n) is 20.9. The molecule has 2 heterocycles. The van der Waals surface area contributed by atoms with Crippen molar-refractivity contribution in [3.8, 4) is 16.9 Å². The zero-order chi connectivity index (χ0) is 27.2. The van der Waals surface area contributed by atoms with Crippen molar-refractivity contribution in [2.75, 3.05) is 18.5 Å². The summed E-state index contributed by atoms with van der Waals surface area (Å²) in [6, 6.07) is 15.6. The number of aromatic nitrogens is 1. The second-order valence-electron chi connectivity index (χ2n) is 9.25. The number of carbonyl (C=O) groups excluding carboxylic acids is 2.